The van der Waals surface area contributed by atoms with Crippen LogP contribution in [0.2, 0.25) is 0 Å². The first-order valence-electron chi connectivity index (χ1n) is 5.02. The largest absolute Gasteiger partial charge is 0.392 e. The minimum absolute atomic E-state index is 0.0404. The van der Waals surface area contributed by atoms with Crippen LogP contribution in [0.4, 0.5) is 5.69 Å². The summed E-state index contributed by atoms with van der Waals surface area (Å²) < 4.78 is 1.73. The first kappa shape index (κ1) is 12.5. The van der Waals surface area contributed by atoms with Crippen LogP contribution in [-0.4, -0.2) is 24.8 Å². The van der Waals surface area contributed by atoms with E-state index in [2.05, 4.69) is 10.2 Å². The maximum Gasteiger partial charge on any atom is 0.269 e. The molecule has 0 amide bonds. The van der Waals surface area contributed by atoms with E-state index in [4.69, 9.17) is 0 Å². The van der Waals surface area contributed by atoms with E-state index in [1.54, 1.807) is 24.0 Å². The van der Waals surface area contributed by atoms with E-state index in [0.29, 0.717) is 10.7 Å². The minimum Gasteiger partial charge on any atom is -0.392 e. The van der Waals surface area contributed by atoms with Gasteiger partial charge in [-0.25, -0.2) is 0 Å². The predicted octanol–water partition coefficient (Wildman–Crippen LogP) is 1.37. The third-order valence-corrected chi connectivity index (χ3v) is 3.47. The molecule has 18 heavy (non-hydrogen) atoms. The zero-order valence-electron chi connectivity index (χ0n) is 9.48. The average Bonchev–Trinajstić information content (AvgIpc) is 2.75. The molecule has 2 rings (SSSR count). The number of aliphatic hydroxyl groups excluding tert-OH is 1. The van der Waals surface area contributed by atoms with Crippen molar-refractivity contribution in [2.24, 2.45) is 7.05 Å². The second-order valence-corrected chi connectivity index (χ2v) is 4.54. The summed E-state index contributed by atoms with van der Waals surface area (Å²) in [6, 6.07) is 4.36. The topological polar surface area (TPSA) is 94.1 Å². The lowest BCUT2D eigenvalue weighted by Gasteiger charge is -2.05. The molecule has 1 N–H and O–H groups in total. The summed E-state index contributed by atoms with van der Waals surface area (Å²) in [4.78, 5) is 10.9. The molecule has 0 fully saturated rings. The molecule has 0 bridgehead atoms. The SMILES string of the molecule is Cn1cnnc1Sc1ccc([N+](=O)[O-])cc1CO. The van der Waals surface area contributed by atoms with Gasteiger partial charge in [-0.3, -0.25) is 10.1 Å². The molecule has 0 saturated heterocycles. The van der Waals surface area contributed by atoms with Crippen molar-refractivity contribution in [1.82, 2.24) is 14.8 Å². The van der Waals surface area contributed by atoms with Gasteiger partial charge in [-0.15, -0.1) is 10.2 Å². The van der Waals surface area contributed by atoms with Gasteiger partial charge in [0.15, 0.2) is 5.16 Å². The summed E-state index contributed by atoms with van der Waals surface area (Å²) >= 11 is 1.30. The first-order chi connectivity index (χ1) is 8.61. The van der Waals surface area contributed by atoms with Crippen LogP contribution in [0, 0.1) is 10.1 Å². The van der Waals surface area contributed by atoms with Crippen LogP contribution in [0.1, 0.15) is 5.56 Å². The molecule has 0 aliphatic rings. The summed E-state index contributed by atoms with van der Waals surface area (Å²) in [5, 5.41) is 28.2. The molecule has 0 aliphatic heterocycles. The Labute approximate surface area is 107 Å². The molecular weight excluding hydrogens is 256 g/mol. The Morgan fingerprint density at radius 1 is 1.56 bits per heavy atom. The molecule has 1 aromatic carbocycles. The number of nitro groups is 1. The molecule has 0 aliphatic carbocycles. The average molecular weight is 266 g/mol. The second-order valence-electron chi connectivity index (χ2n) is 3.53. The van der Waals surface area contributed by atoms with Crippen molar-refractivity contribution < 1.29 is 10.0 Å². The van der Waals surface area contributed by atoms with Gasteiger partial charge >= 0.3 is 0 Å². The number of aryl methyl sites for hydroxylation is 1. The van der Waals surface area contributed by atoms with Crippen LogP contribution in [0.5, 0.6) is 0 Å². The number of aromatic nitrogens is 3. The fourth-order valence-electron chi connectivity index (χ4n) is 1.37. The van der Waals surface area contributed by atoms with E-state index in [1.807, 2.05) is 0 Å². The van der Waals surface area contributed by atoms with Crippen molar-refractivity contribution in [2.45, 2.75) is 16.7 Å². The first-order valence-corrected chi connectivity index (χ1v) is 5.83. The number of rotatable bonds is 4. The Balaban J connectivity index is 2.33. The second kappa shape index (κ2) is 5.15. The third kappa shape index (κ3) is 2.49. The number of hydrogen-bond donors (Lipinski definition) is 1. The van der Waals surface area contributed by atoms with Gasteiger partial charge in [0, 0.05) is 24.1 Å². The molecule has 0 atom stereocenters. The van der Waals surface area contributed by atoms with Crippen LogP contribution < -0.4 is 0 Å². The molecule has 1 aromatic heterocycles. The van der Waals surface area contributed by atoms with E-state index >= 15 is 0 Å². The Kier molecular flexibility index (Phi) is 3.58. The summed E-state index contributed by atoms with van der Waals surface area (Å²) in [5.41, 5.74) is 0.457. The maximum atomic E-state index is 10.6. The Morgan fingerprint density at radius 3 is 2.89 bits per heavy atom. The fourth-order valence-corrected chi connectivity index (χ4v) is 2.23. The van der Waals surface area contributed by atoms with Crippen LogP contribution in [0.15, 0.2) is 34.6 Å². The zero-order chi connectivity index (χ0) is 13.1. The maximum absolute atomic E-state index is 10.6. The Bertz CT molecular complexity index is 584. The predicted molar refractivity (Wildman–Crippen MR) is 64.1 cm³/mol. The van der Waals surface area contributed by atoms with Gasteiger partial charge in [0.2, 0.25) is 0 Å². The van der Waals surface area contributed by atoms with Gasteiger partial charge < -0.3 is 9.67 Å². The number of hydrogen-bond acceptors (Lipinski definition) is 6. The van der Waals surface area contributed by atoms with Crippen LogP contribution >= 0.6 is 11.8 Å². The molecule has 0 radical (unpaired) electrons. The summed E-state index contributed by atoms with van der Waals surface area (Å²) in [5.74, 6) is 0. The van der Waals surface area contributed by atoms with E-state index in [0.717, 1.165) is 4.90 Å². The summed E-state index contributed by atoms with van der Waals surface area (Å²) in [6.45, 7) is -0.262. The van der Waals surface area contributed by atoms with Crippen molar-refractivity contribution in [2.75, 3.05) is 0 Å². The van der Waals surface area contributed by atoms with Gasteiger partial charge in [-0.2, -0.15) is 0 Å². The van der Waals surface area contributed by atoms with E-state index in [9.17, 15) is 15.2 Å². The quantitative estimate of drug-likeness (QED) is 0.663. The summed E-state index contributed by atoms with van der Waals surface area (Å²) in [7, 11) is 1.80. The lowest BCUT2D eigenvalue weighted by molar-refractivity contribution is -0.385. The Morgan fingerprint density at radius 2 is 2.33 bits per heavy atom. The Hall–Kier alpha value is -1.93. The number of benzene rings is 1. The van der Waals surface area contributed by atoms with Crippen molar-refractivity contribution in [3.63, 3.8) is 0 Å². The van der Waals surface area contributed by atoms with Crippen molar-refractivity contribution in [3.05, 3.63) is 40.2 Å². The molecule has 0 spiro atoms. The van der Waals surface area contributed by atoms with Gasteiger partial charge in [0.1, 0.15) is 6.33 Å². The third-order valence-electron chi connectivity index (χ3n) is 2.30. The van der Waals surface area contributed by atoms with E-state index < -0.39 is 4.92 Å². The van der Waals surface area contributed by atoms with E-state index in [-0.39, 0.29) is 12.3 Å². The van der Waals surface area contributed by atoms with E-state index in [1.165, 1.54) is 23.9 Å². The van der Waals surface area contributed by atoms with Crippen molar-refractivity contribution in [1.29, 1.82) is 0 Å². The number of non-ortho nitro benzene ring substituents is 1. The standard InChI is InChI=1S/C10H10N4O3S/c1-13-6-11-12-10(13)18-9-3-2-8(14(16)17)4-7(9)5-15/h2-4,6,15H,5H2,1H3. The molecule has 2 aromatic rings. The smallest absolute Gasteiger partial charge is 0.269 e. The highest BCUT2D eigenvalue weighted by Crippen LogP contribution is 2.31. The molecule has 8 heteroatoms. The lowest BCUT2D eigenvalue weighted by atomic mass is 10.2. The molecule has 94 valence electrons. The van der Waals surface area contributed by atoms with Crippen molar-refractivity contribution in [3.8, 4) is 0 Å². The van der Waals surface area contributed by atoms with Gasteiger partial charge in [-0.1, -0.05) is 0 Å². The van der Waals surface area contributed by atoms with Crippen LogP contribution in [0.25, 0.3) is 0 Å². The van der Waals surface area contributed by atoms with Crippen LogP contribution in [0.3, 0.4) is 0 Å². The number of nitrogens with zero attached hydrogens (tertiary/aromatic N) is 4. The zero-order valence-corrected chi connectivity index (χ0v) is 10.3. The summed E-state index contributed by atoms with van der Waals surface area (Å²) in [6.07, 6.45) is 1.56. The highest BCUT2D eigenvalue weighted by atomic mass is 32.2. The monoisotopic (exact) mass is 266 g/mol. The van der Waals surface area contributed by atoms with Crippen LogP contribution in [-0.2, 0) is 13.7 Å². The lowest BCUT2D eigenvalue weighted by Crippen LogP contribution is -1.95. The highest BCUT2D eigenvalue weighted by molar-refractivity contribution is 7.99. The number of aliphatic hydroxyl groups is 1. The fraction of sp³-hybridized carbons (Fsp3) is 0.200. The van der Waals surface area contributed by atoms with Crippen molar-refractivity contribution >= 4 is 17.4 Å². The molecular formula is C10H10N4O3S. The molecule has 7 nitrogen and oxygen atoms in total. The highest BCUT2D eigenvalue weighted by Gasteiger charge is 2.13. The van der Waals surface area contributed by atoms with Gasteiger partial charge in [-0.05, 0) is 23.4 Å². The minimum atomic E-state index is -0.490. The van der Waals surface area contributed by atoms with Gasteiger partial charge in [0.05, 0.1) is 11.5 Å². The molecule has 0 saturated carbocycles. The molecule has 0 unspecified atom stereocenters. The number of nitro benzene ring substituents is 1. The normalized spacial score (nSPS) is 10.6. The van der Waals surface area contributed by atoms with Gasteiger partial charge in [0.25, 0.3) is 5.69 Å². The molecule has 1 heterocycles.